The first-order valence-electron chi connectivity index (χ1n) is 7.18. The second kappa shape index (κ2) is 8.85. The lowest BCUT2D eigenvalue weighted by Crippen LogP contribution is -2.25. The number of carbonyl (C=O) groups is 2. The molecular weight excluding hydrogens is 346 g/mol. The minimum absolute atomic E-state index is 0.0738. The molecule has 0 atom stereocenters. The van der Waals surface area contributed by atoms with Crippen LogP contribution in [0.4, 0.5) is 14.5 Å². The number of benzene rings is 2. The summed E-state index contributed by atoms with van der Waals surface area (Å²) in [5, 5.41) is 5.17. The molecule has 0 aliphatic rings. The molecule has 0 heterocycles. The van der Waals surface area contributed by atoms with E-state index in [1.165, 1.54) is 24.3 Å². The quantitative estimate of drug-likeness (QED) is 0.611. The van der Waals surface area contributed by atoms with Crippen molar-refractivity contribution in [2.75, 3.05) is 11.9 Å². The molecule has 2 rings (SSSR count). The molecule has 2 aromatic carbocycles. The minimum atomic E-state index is -2.52. The Morgan fingerprint density at radius 2 is 1.76 bits per heavy atom. The summed E-state index contributed by atoms with van der Waals surface area (Å²) < 4.78 is 24.6. The molecule has 2 aromatic rings. The largest absolute Gasteiger partial charge is 0.341 e. The van der Waals surface area contributed by atoms with Crippen LogP contribution in [-0.4, -0.2) is 24.1 Å². The maximum atomic E-state index is 12.3. The lowest BCUT2D eigenvalue weighted by Gasteiger charge is -2.11. The van der Waals surface area contributed by atoms with Gasteiger partial charge in [0.15, 0.2) is 0 Å². The highest BCUT2D eigenvalue weighted by molar-refractivity contribution is 7.99. The van der Waals surface area contributed by atoms with E-state index in [2.05, 4.69) is 16.6 Å². The molecule has 0 aliphatic carbocycles. The summed E-state index contributed by atoms with van der Waals surface area (Å²) in [6.45, 7) is 0.0738. The summed E-state index contributed by atoms with van der Waals surface area (Å²) in [6.07, 6.45) is 5.11. The number of thioether (sulfide) groups is 1. The topological polar surface area (TPSA) is 58.2 Å². The number of hydrogen-bond acceptors (Lipinski definition) is 3. The summed E-state index contributed by atoms with van der Waals surface area (Å²) in [5.74, 6) is -1.08. The van der Waals surface area contributed by atoms with Gasteiger partial charge >= 0.3 is 0 Å². The van der Waals surface area contributed by atoms with Crippen LogP contribution >= 0.6 is 11.8 Å². The first-order valence-corrected chi connectivity index (χ1v) is 8.06. The van der Waals surface area contributed by atoms with Crippen LogP contribution in [0.15, 0.2) is 53.4 Å². The molecule has 0 bridgehead atoms. The van der Waals surface area contributed by atoms with Crippen molar-refractivity contribution in [3.05, 3.63) is 59.7 Å². The summed E-state index contributed by atoms with van der Waals surface area (Å²) in [5.41, 5.74) is 0.890. The number of hydrogen-bond donors (Lipinski definition) is 2. The first-order chi connectivity index (χ1) is 12.0. The third-order valence-corrected chi connectivity index (χ3v) is 3.84. The number of anilines is 1. The van der Waals surface area contributed by atoms with Gasteiger partial charge in [0.25, 0.3) is 17.6 Å². The van der Waals surface area contributed by atoms with Gasteiger partial charge in [-0.05, 0) is 36.4 Å². The van der Waals surface area contributed by atoms with Gasteiger partial charge in [-0.1, -0.05) is 29.8 Å². The van der Waals surface area contributed by atoms with Gasteiger partial charge in [-0.15, -0.1) is 6.42 Å². The van der Waals surface area contributed by atoms with Crippen molar-refractivity contribution in [1.29, 1.82) is 0 Å². The van der Waals surface area contributed by atoms with Crippen molar-refractivity contribution in [2.45, 2.75) is 10.7 Å². The van der Waals surface area contributed by atoms with Gasteiger partial charge in [0.05, 0.1) is 17.8 Å². The molecule has 0 saturated heterocycles. The zero-order valence-electron chi connectivity index (χ0n) is 13.0. The maximum absolute atomic E-state index is 12.3. The van der Waals surface area contributed by atoms with Crippen molar-refractivity contribution >= 4 is 29.3 Å². The van der Waals surface area contributed by atoms with Gasteiger partial charge in [0, 0.05) is 10.5 Å². The van der Waals surface area contributed by atoms with Crippen LogP contribution in [0.2, 0.25) is 0 Å². The molecule has 0 spiro atoms. The fraction of sp³-hybridized carbons (Fsp3) is 0.111. The van der Waals surface area contributed by atoms with Gasteiger partial charge in [0.1, 0.15) is 0 Å². The molecule has 0 aliphatic heterocycles. The molecule has 4 nitrogen and oxygen atoms in total. The highest BCUT2D eigenvalue weighted by Crippen LogP contribution is 2.25. The Morgan fingerprint density at radius 3 is 2.40 bits per heavy atom. The fourth-order valence-electron chi connectivity index (χ4n) is 2.00. The average molecular weight is 360 g/mol. The van der Waals surface area contributed by atoms with Gasteiger partial charge < -0.3 is 10.6 Å². The second-order valence-corrected chi connectivity index (χ2v) is 5.85. The zero-order valence-corrected chi connectivity index (χ0v) is 13.8. The van der Waals surface area contributed by atoms with E-state index in [1.54, 1.807) is 24.3 Å². The Kier molecular flexibility index (Phi) is 6.54. The molecule has 0 unspecified atom stereocenters. The van der Waals surface area contributed by atoms with Crippen molar-refractivity contribution in [2.24, 2.45) is 0 Å². The number of rotatable bonds is 6. The van der Waals surface area contributed by atoms with E-state index in [-0.39, 0.29) is 17.7 Å². The molecule has 0 aromatic heterocycles. The van der Waals surface area contributed by atoms with Crippen LogP contribution in [0.5, 0.6) is 0 Å². The Labute approximate surface area is 148 Å². The van der Waals surface area contributed by atoms with Crippen molar-refractivity contribution in [1.82, 2.24) is 5.32 Å². The predicted octanol–water partition coefficient (Wildman–Crippen LogP) is 3.62. The monoisotopic (exact) mass is 360 g/mol. The minimum Gasteiger partial charge on any atom is -0.341 e. The highest BCUT2D eigenvalue weighted by Gasteiger charge is 2.14. The number of para-hydroxylation sites is 1. The number of halogens is 2. The SMILES string of the molecule is C#CCNC(=O)c1ccccc1NC(=O)c1ccc(SC(F)F)cc1. The highest BCUT2D eigenvalue weighted by atomic mass is 32.2. The van der Waals surface area contributed by atoms with E-state index in [9.17, 15) is 18.4 Å². The van der Waals surface area contributed by atoms with Crippen LogP contribution in [0.3, 0.4) is 0 Å². The Bertz CT molecular complexity index is 801. The number of terminal acetylenes is 1. The number of amides is 2. The molecule has 7 heteroatoms. The van der Waals surface area contributed by atoms with Crippen LogP contribution in [0.1, 0.15) is 20.7 Å². The van der Waals surface area contributed by atoms with E-state index in [0.29, 0.717) is 22.3 Å². The lowest BCUT2D eigenvalue weighted by molar-refractivity contribution is 0.0959. The molecule has 0 saturated carbocycles. The summed E-state index contributed by atoms with van der Waals surface area (Å²) in [4.78, 5) is 24.7. The molecule has 0 fully saturated rings. The maximum Gasteiger partial charge on any atom is 0.288 e. The van der Waals surface area contributed by atoms with Crippen LogP contribution in [-0.2, 0) is 0 Å². The summed E-state index contributed by atoms with van der Waals surface area (Å²) in [6, 6.07) is 12.3. The molecular formula is C18H14F2N2O2S. The predicted molar refractivity (Wildman–Crippen MR) is 93.9 cm³/mol. The van der Waals surface area contributed by atoms with Gasteiger partial charge in [0.2, 0.25) is 0 Å². The standard InChI is InChI=1S/C18H14F2N2O2S/c1-2-11-21-17(24)14-5-3-4-6-15(14)22-16(23)12-7-9-13(10-8-12)25-18(19)20/h1,3-10,18H,11H2,(H,21,24)(H,22,23). The van der Waals surface area contributed by atoms with Gasteiger partial charge in [-0.25, -0.2) is 0 Å². The van der Waals surface area contributed by atoms with Crippen molar-refractivity contribution < 1.29 is 18.4 Å². The fourth-order valence-corrected chi connectivity index (χ4v) is 2.50. The second-order valence-electron chi connectivity index (χ2n) is 4.79. The smallest absolute Gasteiger partial charge is 0.288 e. The lowest BCUT2D eigenvalue weighted by atomic mass is 10.1. The Morgan fingerprint density at radius 1 is 1.08 bits per heavy atom. The third kappa shape index (κ3) is 5.33. The number of carbonyl (C=O) groups excluding carboxylic acids is 2. The van der Waals surface area contributed by atoms with Crippen molar-refractivity contribution in [3.8, 4) is 12.3 Å². The van der Waals surface area contributed by atoms with Gasteiger partial charge in [-0.3, -0.25) is 9.59 Å². The first kappa shape index (κ1) is 18.5. The average Bonchev–Trinajstić information content (AvgIpc) is 2.60. The van der Waals surface area contributed by atoms with Crippen LogP contribution in [0, 0.1) is 12.3 Å². The van der Waals surface area contributed by atoms with Crippen LogP contribution in [0.25, 0.3) is 0 Å². The van der Waals surface area contributed by atoms with E-state index in [0.717, 1.165) is 0 Å². The zero-order chi connectivity index (χ0) is 18.2. The van der Waals surface area contributed by atoms with Crippen molar-refractivity contribution in [3.63, 3.8) is 0 Å². The summed E-state index contributed by atoms with van der Waals surface area (Å²) in [7, 11) is 0. The van der Waals surface area contributed by atoms with E-state index in [1.807, 2.05) is 0 Å². The number of nitrogens with one attached hydrogen (secondary N) is 2. The Hall–Kier alpha value is -2.85. The molecule has 2 N–H and O–H groups in total. The van der Waals surface area contributed by atoms with E-state index >= 15 is 0 Å². The molecule has 2 amide bonds. The molecule has 25 heavy (non-hydrogen) atoms. The summed E-state index contributed by atoms with van der Waals surface area (Å²) >= 11 is 0.403. The van der Waals surface area contributed by atoms with Crippen LogP contribution < -0.4 is 10.6 Å². The Balaban J connectivity index is 2.13. The molecule has 128 valence electrons. The number of alkyl halides is 2. The third-order valence-electron chi connectivity index (χ3n) is 3.11. The molecule has 0 radical (unpaired) electrons. The normalized spacial score (nSPS) is 10.2. The van der Waals surface area contributed by atoms with E-state index in [4.69, 9.17) is 6.42 Å². The van der Waals surface area contributed by atoms with Gasteiger partial charge in [-0.2, -0.15) is 8.78 Å². The van der Waals surface area contributed by atoms with E-state index < -0.39 is 17.6 Å².